The summed E-state index contributed by atoms with van der Waals surface area (Å²) < 4.78 is 8.17. The van der Waals surface area contributed by atoms with E-state index in [1.54, 1.807) is 11.1 Å². The lowest BCUT2D eigenvalue weighted by Gasteiger charge is -2.28. The van der Waals surface area contributed by atoms with Crippen molar-refractivity contribution in [2.24, 2.45) is 0 Å². The Balaban J connectivity index is 1.62. The lowest BCUT2D eigenvalue weighted by atomic mass is 10.1. The van der Waals surface area contributed by atoms with Gasteiger partial charge in [0.2, 0.25) is 0 Å². The Bertz CT molecular complexity index is 975. The van der Waals surface area contributed by atoms with Gasteiger partial charge >= 0.3 is 6.09 Å². The second-order valence-electron chi connectivity index (χ2n) is 6.89. The molecule has 1 unspecified atom stereocenters. The number of hydrogen-bond acceptors (Lipinski definition) is 5. The number of benzene rings is 1. The van der Waals surface area contributed by atoms with Gasteiger partial charge in [-0.2, -0.15) is 0 Å². The van der Waals surface area contributed by atoms with Gasteiger partial charge in [0.1, 0.15) is 22.6 Å². The zero-order valence-electron chi connectivity index (χ0n) is 15.4. The number of hydrogen-bond donors (Lipinski definition) is 1. The number of nitrogens with two attached hydrogens (primary N) is 1. The van der Waals surface area contributed by atoms with Gasteiger partial charge in [-0.05, 0) is 34.3 Å². The van der Waals surface area contributed by atoms with Crippen molar-refractivity contribution in [1.82, 2.24) is 19.3 Å². The summed E-state index contributed by atoms with van der Waals surface area (Å²) in [7, 11) is 0. The normalized spacial score (nSPS) is 17.5. The van der Waals surface area contributed by atoms with Crippen LogP contribution in [-0.4, -0.2) is 31.9 Å². The molecule has 8 heteroatoms. The third-order valence-corrected chi connectivity index (χ3v) is 5.61. The third-order valence-electron chi connectivity index (χ3n) is 5.06. The fourth-order valence-corrected chi connectivity index (χ4v) is 4.25. The molecule has 1 aliphatic rings. The lowest BCUT2D eigenvalue weighted by Crippen LogP contribution is -2.36. The topological polar surface area (TPSA) is 85.8 Å². The number of ether oxygens (including phenoxy) is 1. The van der Waals surface area contributed by atoms with Gasteiger partial charge in [-0.15, -0.1) is 0 Å². The first-order chi connectivity index (χ1) is 13.6. The Kier molecular flexibility index (Phi) is 5.47. The van der Waals surface area contributed by atoms with Crippen LogP contribution in [0.2, 0.25) is 0 Å². The summed E-state index contributed by atoms with van der Waals surface area (Å²) in [4.78, 5) is 23.6. The zero-order chi connectivity index (χ0) is 19.5. The van der Waals surface area contributed by atoms with Crippen molar-refractivity contribution in [3.05, 3.63) is 58.7 Å². The molecule has 1 aliphatic heterocycles. The number of likely N-dealkylation sites (tertiary alicyclic amines) is 1. The Morgan fingerprint density at radius 2 is 2.07 bits per heavy atom. The number of nitrogens with zero attached hydrogens (tertiary/aromatic N) is 4. The number of nitrogen functional groups attached to an aromatic ring is 1. The summed E-state index contributed by atoms with van der Waals surface area (Å²) in [5.41, 5.74) is 7.72. The molecule has 0 bridgehead atoms. The second kappa shape index (κ2) is 8.18. The smallest absolute Gasteiger partial charge is 0.410 e. The predicted octanol–water partition coefficient (Wildman–Crippen LogP) is 4.33. The minimum atomic E-state index is -0.314. The van der Waals surface area contributed by atoms with Crippen molar-refractivity contribution in [3.63, 3.8) is 0 Å². The van der Waals surface area contributed by atoms with E-state index in [4.69, 9.17) is 10.5 Å². The van der Waals surface area contributed by atoms with Gasteiger partial charge in [0.15, 0.2) is 5.82 Å². The number of anilines is 1. The van der Waals surface area contributed by atoms with Crippen LogP contribution >= 0.6 is 15.9 Å². The Labute approximate surface area is 171 Å². The maximum absolute atomic E-state index is 12.9. The molecule has 0 spiro atoms. The van der Waals surface area contributed by atoms with Crippen LogP contribution in [0.15, 0.2) is 47.3 Å². The number of amides is 1. The van der Waals surface area contributed by atoms with Crippen LogP contribution in [0.3, 0.4) is 0 Å². The maximum Gasteiger partial charge on any atom is 0.410 e. The van der Waals surface area contributed by atoms with Gasteiger partial charge in [0.25, 0.3) is 0 Å². The van der Waals surface area contributed by atoms with E-state index in [1.807, 2.05) is 40.9 Å². The van der Waals surface area contributed by atoms with Crippen molar-refractivity contribution >= 4 is 33.4 Å². The molecule has 0 aliphatic carbocycles. The van der Waals surface area contributed by atoms with E-state index < -0.39 is 0 Å². The molecule has 3 heterocycles. The van der Waals surface area contributed by atoms with Crippen molar-refractivity contribution in [3.8, 4) is 0 Å². The fourth-order valence-electron chi connectivity index (χ4n) is 3.68. The molecule has 1 atom stereocenters. The highest BCUT2D eigenvalue weighted by atomic mass is 79.9. The highest BCUT2D eigenvalue weighted by molar-refractivity contribution is 9.10. The number of rotatable bonds is 3. The number of aromatic nitrogens is 3. The van der Waals surface area contributed by atoms with E-state index in [9.17, 15) is 4.79 Å². The average Bonchev–Trinajstić information content (AvgIpc) is 2.89. The molecule has 2 aromatic heterocycles. The van der Waals surface area contributed by atoms with E-state index in [2.05, 4.69) is 25.9 Å². The zero-order valence-corrected chi connectivity index (χ0v) is 17.0. The van der Waals surface area contributed by atoms with Crippen LogP contribution in [0.25, 0.3) is 5.52 Å². The summed E-state index contributed by atoms with van der Waals surface area (Å²) in [6.45, 7) is 0.900. The fraction of sp³-hybridized carbons (Fsp3) is 0.350. The number of halogens is 1. The van der Waals surface area contributed by atoms with Gasteiger partial charge in [0, 0.05) is 18.9 Å². The van der Waals surface area contributed by atoms with Crippen LogP contribution in [0.1, 0.15) is 43.1 Å². The largest absolute Gasteiger partial charge is 0.445 e. The van der Waals surface area contributed by atoms with Crippen LogP contribution in [0, 0.1) is 0 Å². The molecule has 7 nitrogen and oxygen atoms in total. The first-order valence-corrected chi connectivity index (χ1v) is 10.2. The maximum atomic E-state index is 12.9. The number of carbonyl (C=O) groups excluding carboxylic acids is 1. The van der Waals surface area contributed by atoms with E-state index >= 15 is 0 Å². The summed E-state index contributed by atoms with van der Waals surface area (Å²) in [5, 5.41) is 0. The number of carbonyl (C=O) groups is 1. The summed E-state index contributed by atoms with van der Waals surface area (Å²) in [6, 6.07) is 9.53. The van der Waals surface area contributed by atoms with Crippen molar-refractivity contribution in [2.75, 3.05) is 12.3 Å². The van der Waals surface area contributed by atoms with Gasteiger partial charge in [-0.3, -0.25) is 9.30 Å². The molecule has 1 fully saturated rings. The average molecular weight is 444 g/mol. The Morgan fingerprint density at radius 1 is 1.25 bits per heavy atom. The Hall–Kier alpha value is -2.61. The molecular formula is C20H22BrN5O2. The van der Waals surface area contributed by atoms with Crippen LogP contribution in [0.4, 0.5) is 10.6 Å². The third kappa shape index (κ3) is 3.69. The molecular weight excluding hydrogens is 422 g/mol. The molecule has 146 valence electrons. The van der Waals surface area contributed by atoms with Crippen molar-refractivity contribution in [1.29, 1.82) is 0 Å². The standard InChI is InChI=1S/C20H22BrN5O2/c21-17-16-18(22)23-10-12-26(16)19(24-17)15-9-5-2-6-11-25(15)20(27)28-13-14-7-3-1-4-8-14/h1,3-4,7-8,10,12,15H,2,5-6,9,11,13H2,(H2,22,23). The van der Waals surface area contributed by atoms with Crippen LogP contribution < -0.4 is 5.73 Å². The molecule has 1 amide bonds. The minimum absolute atomic E-state index is 0.175. The van der Waals surface area contributed by atoms with Gasteiger partial charge < -0.3 is 10.5 Å². The molecule has 1 aromatic carbocycles. The molecule has 0 saturated carbocycles. The molecule has 3 aromatic rings. The summed E-state index contributed by atoms with van der Waals surface area (Å²) in [6.07, 6.45) is 7.05. The van der Waals surface area contributed by atoms with Crippen LogP contribution in [0.5, 0.6) is 0 Å². The monoisotopic (exact) mass is 443 g/mol. The second-order valence-corrected chi connectivity index (χ2v) is 7.64. The van der Waals surface area contributed by atoms with Crippen molar-refractivity contribution in [2.45, 2.75) is 38.3 Å². The lowest BCUT2D eigenvalue weighted by molar-refractivity contribution is 0.0792. The number of imidazole rings is 1. The highest BCUT2D eigenvalue weighted by Gasteiger charge is 2.32. The SMILES string of the molecule is Nc1nccn2c(C3CCCCCN3C(=O)OCc3ccccc3)nc(Br)c12. The molecule has 28 heavy (non-hydrogen) atoms. The van der Waals surface area contributed by atoms with E-state index in [-0.39, 0.29) is 18.7 Å². The van der Waals surface area contributed by atoms with Crippen LogP contribution in [-0.2, 0) is 11.3 Å². The van der Waals surface area contributed by atoms with Gasteiger partial charge in [0.05, 0.1) is 6.04 Å². The summed E-state index contributed by atoms with van der Waals surface area (Å²) >= 11 is 3.49. The molecule has 1 saturated heterocycles. The van der Waals surface area contributed by atoms with E-state index in [0.29, 0.717) is 17.0 Å². The Morgan fingerprint density at radius 3 is 2.89 bits per heavy atom. The highest BCUT2D eigenvalue weighted by Crippen LogP contribution is 2.33. The number of fused-ring (bicyclic) bond motifs is 1. The molecule has 4 rings (SSSR count). The summed E-state index contributed by atoms with van der Waals surface area (Å²) in [5.74, 6) is 1.18. The van der Waals surface area contributed by atoms with Crippen molar-refractivity contribution < 1.29 is 9.53 Å². The quantitative estimate of drug-likeness (QED) is 0.650. The molecule has 2 N–H and O–H groups in total. The predicted molar refractivity (Wildman–Crippen MR) is 110 cm³/mol. The van der Waals surface area contributed by atoms with Gasteiger partial charge in [-0.1, -0.05) is 43.2 Å². The van der Waals surface area contributed by atoms with E-state index in [1.165, 1.54) is 0 Å². The minimum Gasteiger partial charge on any atom is -0.445 e. The first-order valence-electron chi connectivity index (χ1n) is 9.40. The van der Waals surface area contributed by atoms with Gasteiger partial charge in [-0.25, -0.2) is 14.8 Å². The van der Waals surface area contributed by atoms with E-state index in [0.717, 1.165) is 42.6 Å². The first kappa shape index (κ1) is 18.7. The molecule has 0 radical (unpaired) electrons.